The molecule has 4 aliphatic rings. The minimum atomic E-state index is -0.674. The molecular formula is C15H25NO2. The molecule has 0 aromatic heterocycles. The maximum Gasteiger partial charge on any atom is 0.303 e. The van der Waals surface area contributed by atoms with Crippen LogP contribution in [-0.4, -0.2) is 24.2 Å². The van der Waals surface area contributed by atoms with Crippen LogP contribution in [0.4, 0.5) is 0 Å². The maximum atomic E-state index is 10.5. The predicted molar refractivity (Wildman–Crippen MR) is 70.3 cm³/mol. The fourth-order valence-corrected chi connectivity index (χ4v) is 5.22. The molecule has 0 unspecified atom stereocenters. The molecule has 3 heteroatoms. The molecule has 0 saturated heterocycles. The number of hydrogen-bond donors (Lipinski definition) is 2. The number of rotatable bonds is 6. The van der Waals surface area contributed by atoms with Crippen molar-refractivity contribution in [2.75, 3.05) is 13.1 Å². The minimum absolute atomic E-state index is 0.299. The highest BCUT2D eigenvalue weighted by atomic mass is 16.4. The van der Waals surface area contributed by atoms with Gasteiger partial charge in [-0.2, -0.15) is 0 Å². The zero-order chi connectivity index (χ0) is 12.6. The van der Waals surface area contributed by atoms with Gasteiger partial charge >= 0.3 is 5.97 Å². The standard InChI is InChI=1S/C15H25NO2/c17-14(18)2-1-3-16-10-15-7-11-4-12(8-15)6-13(5-11)9-15/h11-13,16H,1-10H2,(H,17,18). The Morgan fingerprint density at radius 1 is 1.11 bits per heavy atom. The van der Waals surface area contributed by atoms with E-state index >= 15 is 0 Å². The largest absolute Gasteiger partial charge is 0.481 e. The molecule has 0 aromatic carbocycles. The molecule has 0 spiro atoms. The Morgan fingerprint density at radius 3 is 2.17 bits per heavy atom. The number of aliphatic carboxylic acids is 1. The molecule has 2 N–H and O–H groups in total. The lowest BCUT2D eigenvalue weighted by atomic mass is 9.49. The van der Waals surface area contributed by atoms with Crippen LogP contribution in [0.15, 0.2) is 0 Å². The molecule has 4 bridgehead atoms. The first kappa shape index (κ1) is 12.5. The lowest BCUT2D eigenvalue weighted by molar-refractivity contribution is -0.137. The molecule has 0 aromatic rings. The van der Waals surface area contributed by atoms with Gasteiger partial charge in [-0.3, -0.25) is 4.79 Å². The number of hydrogen-bond acceptors (Lipinski definition) is 2. The molecule has 0 aliphatic heterocycles. The van der Waals surface area contributed by atoms with Crippen LogP contribution in [0, 0.1) is 23.2 Å². The molecule has 0 radical (unpaired) electrons. The number of carboxylic acid groups (broad SMARTS) is 1. The monoisotopic (exact) mass is 251 g/mol. The molecule has 102 valence electrons. The van der Waals surface area contributed by atoms with Crippen molar-refractivity contribution in [1.29, 1.82) is 0 Å². The van der Waals surface area contributed by atoms with E-state index in [1.54, 1.807) is 0 Å². The normalized spacial score (nSPS) is 41.2. The summed E-state index contributed by atoms with van der Waals surface area (Å²) in [6, 6.07) is 0. The van der Waals surface area contributed by atoms with Crippen molar-refractivity contribution in [2.24, 2.45) is 23.2 Å². The van der Waals surface area contributed by atoms with Crippen molar-refractivity contribution >= 4 is 5.97 Å². The molecule has 0 amide bonds. The first-order valence-electron chi connectivity index (χ1n) is 7.58. The molecule has 4 rings (SSSR count). The van der Waals surface area contributed by atoms with Crippen LogP contribution in [0.3, 0.4) is 0 Å². The summed E-state index contributed by atoms with van der Waals surface area (Å²) < 4.78 is 0. The van der Waals surface area contributed by atoms with Crippen LogP contribution in [0.2, 0.25) is 0 Å². The summed E-state index contributed by atoms with van der Waals surface area (Å²) in [5.74, 6) is 2.36. The van der Waals surface area contributed by atoms with Crippen molar-refractivity contribution in [1.82, 2.24) is 5.32 Å². The Bertz CT molecular complexity index is 291. The van der Waals surface area contributed by atoms with E-state index in [0.29, 0.717) is 11.8 Å². The van der Waals surface area contributed by atoms with Crippen molar-refractivity contribution in [3.05, 3.63) is 0 Å². The highest BCUT2D eigenvalue weighted by Crippen LogP contribution is 2.59. The Morgan fingerprint density at radius 2 is 1.67 bits per heavy atom. The quantitative estimate of drug-likeness (QED) is 0.714. The van der Waals surface area contributed by atoms with Crippen LogP contribution in [0.5, 0.6) is 0 Å². The summed E-state index contributed by atoms with van der Waals surface area (Å²) in [7, 11) is 0. The van der Waals surface area contributed by atoms with E-state index < -0.39 is 5.97 Å². The average Bonchev–Trinajstić information content (AvgIpc) is 2.25. The average molecular weight is 251 g/mol. The Balaban J connectivity index is 1.46. The number of carboxylic acids is 1. The van der Waals surface area contributed by atoms with Gasteiger partial charge in [-0.1, -0.05) is 0 Å². The van der Waals surface area contributed by atoms with E-state index in [2.05, 4.69) is 5.32 Å². The maximum absolute atomic E-state index is 10.5. The highest BCUT2D eigenvalue weighted by molar-refractivity contribution is 5.66. The second-order valence-corrected chi connectivity index (χ2v) is 7.09. The molecular weight excluding hydrogens is 226 g/mol. The third kappa shape index (κ3) is 2.56. The molecule has 4 fully saturated rings. The van der Waals surface area contributed by atoms with Gasteiger partial charge in [0.25, 0.3) is 0 Å². The van der Waals surface area contributed by atoms with Gasteiger partial charge in [0.1, 0.15) is 0 Å². The minimum Gasteiger partial charge on any atom is -0.481 e. The summed E-state index contributed by atoms with van der Waals surface area (Å²) >= 11 is 0. The van der Waals surface area contributed by atoms with E-state index in [-0.39, 0.29) is 0 Å². The van der Waals surface area contributed by atoms with Gasteiger partial charge in [-0.25, -0.2) is 0 Å². The summed E-state index contributed by atoms with van der Waals surface area (Å²) in [6.07, 6.45) is 9.87. The second kappa shape index (κ2) is 4.84. The molecule has 4 saturated carbocycles. The molecule has 3 nitrogen and oxygen atoms in total. The van der Waals surface area contributed by atoms with Gasteiger partial charge in [-0.15, -0.1) is 0 Å². The van der Waals surface area contributed by atoms with Gasteiger partial charge < -0.3 is 10.4 Å². The predicted octanol–water partition coefficient (Wildman–Crippen LogP) is 2.66. The lowest BCUT2D eigenvalue weighted by Gasteiger charge is -2.57. The first-order chi connectivity index (χ1) is 8.65. The zero-order valence-electron chi connectivity index (χ0n) is 11.2. The van der Waals surface area contributed by atoms with Gasteiger partial charge in [0.05, 0.1) is 0 Å². The van der Waals surface area contributed by atoms with Crippen LogP contribution in [0.25, 0.3) is 0 Å². The van der Waals surface area contributed by atoms with E-state index in [9.17, 15) is 4.79 Å². The lowest BCUT2D eigenvalue weighted by Crippen LogP contribution is -2.50. The molecule has 18 heavy (non-hydrogen) atoms. The van der Waals surface area contributed by atoms with Crippen molar-refractivity contribution < 1.29 is 9.90 Å². The Kier molecular flexibility index (Phi) is 3.35. The third-order valence-corrected chi connectivity index (χ3v) is 5.41. The van der Waals surface area contributed by atoms with Crippen molar-refractivity contribution in [2.45, 2.75) is 51.4 Å². The SMILES string of the molecule is O=C(O)CCCNCC12CC3CC(CC(C3)C1)C2. The van der Waals surface area contributed by atoms with Gasteiger partial charge in [0.2, 0.25) is 0 Å². The van der Waals surface area contributed by atoms with Crippen LogP contribution < -0.4 is 5.32 Å². The van der Waals surface area contributed by atoms with Crippen molar-refractivity contribution in [3.63, 3.8) is 0 Å². The van der Waals surface area contributed by atoms with Crippen molar-refractivity contribution in [3.8, 4) is 0 Å². The van der Waals surface area contributed by atoms with E-state index in [4.69, 9.17) is 5.11 Å². The summed E-state index contributed by atoms with van der Waals surface area (Å²) in [5, 5.41) is 12.1. The topological polar surface area (TPSA) is 49.3 Å². The summed E-state index contributed by atoms with van der Waals surface area (Å²) in [4.78, 5) is 10.5. The Hall–Kier alpha value is -0.570. The Labute approximate surface area is 109 Å². The smallest absolute Gasteiger partial charge is 0.303 e. The fraction of sp³-hybridized carbons (Fsp3) is 0.933. The molecule has 0 atom stereocenters. The highest BCUT2D eigenvalue weighted by Gasteiger charge is 2.50. The third-order valence-electron chi connectivity index (χ3n) is 5.41. The zero-order valence-corrected chi connectivity index (χ0v) is 11.2. The molecule has 4 aliphatic carbocycles. The van der Waals surface area contributed by atoms with E-state index in [1.165, 1.54) is 38.5 Å². The second-order valence-electron chi connectivity index (χ2n) is 7.09. The number of nitrogens with one attached hydrogen (secondary N) is 1. The van der Waals surface area contributed by atoms with Gasteiger partial charge in [0.15, 0.2) is 0 Å². The molecule has 0 heterocycles. The van der Waals surface area contributed by atoms with E-state index in [1.807, 2.05) is 0 Å². The summed E-state index contributed by atoms with van der Waals surface area (Å²) in [6.45, 7) is 2.00. The fourth-order valence-electron chi connectivity index (χ4n) is 5.22. The summed E-state index contributed by atoms with van der Waals surface area (Å²) in [5.41, 5.74) is 0.581. The van der Waals surface area contributed by atoms with Crippen LogP contribution in [-0.2, 0) is 4.79 Å². The van der Waals surface area contributed by atoms with Crippen LogP contribution in [0.1, 0.15) is 51.4 Å². The number of carbonyl (C=O) groups is 1. The first-order valence-corrected chi connectivity index (χ1v) is 7.58. The van der Waals surface area contributed by atoms with Gasteiger partial charge in [0, 0.05) is 13.0 Å². The van der Waals surface area contributed by atoms with Crippen LogP contribution >= 0.6 is 0 Å². The van der Waals surface area contributed by atoms with Gasteiger partial charge in [-0.05, 0) is 74.7 Å². The van der Waals surface area contributed by atoms with E-state index in [0.717, 1.165) is 37.3 Å².